The molecule has 0 aliphatic rings. The number of pyridine rings is 2. The number of esters is 1. The van der Waals surface area contributed by atoms with Crippen LogP contribution in [0.3, 0.4) is 0 Å². The Labute approximate surface area is 144 Å². The Morgan fingerprint density at radius 1 is 1.04 bits per heavy atom. The van der Waals surface area contributed by atoms with Crippen LogP contribution in [0, 0.1) is 0 Å². The lowest BCUT2D eigenvalue weighted by Crippen LogP contribution is -2.02. The van der Waals surface area contributed by atoms with Crippen molar-refractivity contribution in [3.05, 3.63) is 78.6 Å². The second-order valence-electron chi connectivity index (χ2n) is 5.53. The van der Waals surface area contributed by atoms with E-state index in [1.165, 1.54) is 7.11 Å². The largest absolute Gasteiger partial charge is 0.465 e. The van der Waals surface area contributed by atoms with Gasteiger partial charge in [-0.05, 0) is 24.3 Å². The highest BCUT2D eigenvalue weighted by atomic mass is 16.5. The van der Waals surface area contributed by atoms with E-state index in [1.54, 1.807) is 18.3 Å². The summed E-state index contributed by atoms with van der Waals surface area (Å²) in [6.45, 7) is 0. The summed E-state index contributed by atoms with van der Waals surface area (Å²) in [6, 6.07) is 19.2. The lowest BCUT2D eigenvalue weighted by atomic mass is 10.1. The van der Waals surface area contributed by atoms with E-state index in [0.717, 1.165) is 22.6 Å². The normalized spacial score (nSPS) is 10.8. The molecule has 5 heteroatoms. The predicted octanol–water partition coefficient (Wildman–Crippen LogP) is 3.85. The average molecular weight is 329 g/mol. The second kappa shape index (κ2) is 6.20. The molecule has 25 heavy (non-hydrogen) atoms. The number of nitrogens with zero attached hydrogens (tertiary/aromatic N) is 3. The minimum atomic E-state index is -0.383. The SMILES string of the molecule is COC(=O)c1ccn2c(-c3ccccc3)c(-c3ccccn3)nc2c1. The van der Waals surface area contributed by atoms with Gasteiger partial charge in [-0.1, -0.05) is 36.4 Å². The molecule has 0 atom stereocenters. The van der Waals surface area contributed by atoms with Crippen LogP contribution in [0.15, 0.2) is 73.1 Å². The lowest BCUT2D eigenvalue weighted by Gasteiger charge is -2.06. The molecule has 4 rings (SSSR count). The van der Waals surface area contributed by atoms with Crippen LogP contribution in [0.25, 0.3) is 28.3 Å². The van der Waals surface area contributed by atoms with Crippen molar-refractivity contribution in [2.45, 2.75) is 0 Å². The van der Waals surface area contributed by atoms with Crippen LogP contribution in [-0.4, -0.2) is 27.4 Å². The topological polar surface area (TPSA) is 56.5 Å². The number of ether oxygens (including phenoxy) is 1. The molecule has 0 spiro atoms. The van der Waals surface area contributed by atoms with Crippen molar-refractivity contribution in [3.63, 3.8) is 0 Å². The maximum atomic E-state index is 11.8. The molecule has 1 aromatic carbocycles. The fourth-order valence-electron chi connectivity index (χ4n) is 2.84. The first kappa shape index (κ1) is 15.1. The highest BCUT2D eigenvalue weighted by Gasteiger charge is 2.18. The summed E-state index contributed by atoms with van der Waals surface area (Å²) in [5, 5.41) is 0. The first-order valence-electron chi connectivity index (χ1n) is 7.85. The second-order valence-corrected chi connectivity index (χ2v) is 5.53. The Hall–Kier alpha value is -3.47. The number of imidazole rings is 1. The van der Waals surface area contributed by atoms with E-state index in [9.17, 15) is 4.79 Å². The van der Waals surface area contributed by atoms with Crippen LogP contribution in [0.1, 0.15) is 10.4 Å². The highest BCUT2D eigenvalue weighted by Crippen LogP contribution is 2.31. The molecule has 122 valence electrons. The molecule has 0 amide bonds. The molecule has 0 saturated heterocycles. The fourth-order valence-corrected chi connectivity index (χ4v) is 2.84. The van der Waals surface area contributed by atoms with E-state index in [2.05, 4.69) is 4.98 Å². The van der Waals surface area contributed by atoms with Crippen molar-refractivity contribution >= 4 is 11.6 Å². The van der Waals surface area contributed by atoms with E-state index < -0.39 is 0 Å². The van der Waals surface area contributed by atoms with Crippen LogP contribution < -0.4 is 0 Å². The molecule has 0 fully saturated rings. The van der Waals surface area contributed by atoms with Crippen LogP contribution in [-0.2, 0) is 4.74 Å². The number of carbonyl (C=O) groups excluding carboxylic acids is 1. The van der Waals surface area contributed by atoms with Gasteiger partial charge in [0.15, 0.2) is 0 Å². The van der Waals surface area contributed by atoms with Gasteiger partial charge in [-0.25, -0.2) is 9.78 Å². The van der Waals surface area contributed by atoms with Crippen LogP contribution in [0.4, 0.5) is 0 Å². The Morgan fingerprint density at radius 3 is 2.56 bits per heavy atom. The van der Waals surface area contributed by atoms with E-state index in [0.29, 0.717) is 11.2 Å². The van der Waals surface area contributed by atoms with E-state index in [-0.39, 0.29) is 5.97 Å². The van der Waals surface area contributed by atoms with Crippen molar-refractivity contribution in [2.24, 2.45) is 0 Å². The summed E-state index contributed by atoms with van der Waals surface area (Å²) in [4.78, 5) is 21.0. The Morgan fingerprint density at radius 2 is 1.84 bits per heavy atom. The van der Waals surface area contributed by atoms with E-state index in [1.807, 2.05) is 59.1 Å². The molecule has 0 radical (unpaired) electrons. The van der Waals surface area contributed by atoms with Gasteiger partial charge in [0, 0.05) is 18.0 Å². The summed E-state index contributed by atoms with van der Waals surface area (Å²) in [5.41, 5.74) is 4.65. The molecule has 5 nitrogen and oxygen atoms in total. The Balaban J connectivity index is 2.01. The zero-order valence-corrected chi connectivity index (χ0v) is 13.6. The number of rotatable bonds is 3. The minimum absolute atomic E-state index is 0.383. The summed E-state index contributed by atoms with van der Waals surface area (Å²) in [5.74, 6) is -0.383. The number of benzene rings is 1. The van der Waals surface area contributed by atoms with Crippen molar-refractivity contribution in [1.82, 2.24) is 14.4 Å². The first-order chi connectivity index (χ1) is 12.3. The van der Waals surface area contributed by atoms with Gasteiger partial charge in [0.05, 0.1) is 24.1 Å². The molecule has 0 N–H and O–H groups in total. The third-order valence-corrected chi connectivity index (χ3v) is 4.00. The number of hydrogen-bond donors (Lipinski definition) is 0. The molecular weight excluding hydrogens is 314 g/mol. The fraction of sp³-hybridized carbons (Fsp3) is 0.0500. The molecule has 3 aromatic heterocycles. The summed E-state index contributed by atoms with van der Waals surface area (Å²) >= 11 is 0. The highest BCUT2D eigenvalue weighted by molar-refractivity contribution is 5.91. The van der Waals surface area contributed by atoms with Crippen LogP contribution in [0.5, 0.6) is 0 Å². The standard InChI is InChI=1S/C20H15N3O2/c1-25-20(24)15-10-12-23-17(13-15)22-18(16-9-5-6-11-21-16)19(23)14-7-3-2-4-8-14/h2-13H,1H3. The zero-order chi connectivity index (χ0) is 17.2. The summed E-state index contributed by atoms with van der Waals surface area (Å²) < 4.78 is 6.77. The molecule has 3 heterocycles. The first-order valence-corrected chi connectivity index (χ1v) is 7.85. The van der Waals surface area contributed by atoms with Crippen LogP contribution in [0.2, 0.25) is 0 Å². The average Bonchev–Trinajstić information content (AvgIpc) is 3.07. The summed E-state index contributed by atoms with van der Waals surface area (Å²) in [7, 11) is 1.37. The van der Waals surface area contributed by atoms with Gasteiger partial charge in [0.2, 0.25) is 0 Å². The Bertz CT molecular complexity index is 1040. The number of methoxy groups -OCH3 is 1. The van der Waals surface area contributed by atoms with Gasteiger partial charge in [0.25, 0.3) is 0 Å². The Kier molecular flexibility index (Phi) is 3.74. The molecule has 4 aromatic rings. The van der Waals surface area contributed by atoms with Crippen molar-refractivity contribution in [3.8, 4) is 22.6 Å². The van der Waals surface area contributed by atoms with Crippen molar-refractivity contribution in [2.75, 3.05) is 7.11 Å². The monoisotopic (exact) mass is 329 g/mol. The lowest BCUT2D eigenvalue weighted by molar-refractivity contribution is 0.0600. The molecule has 0 saturated carbocycles. The number of hydrogen-bond acceptors (Lipinski definition) is 4. The molecule has 0 bridgehead atoms. The maximum Gasteiger partial charge on any atom is 0.338 e. The predicted molar refractivity (Wildman–Crippen MR) is 95.2 cm³/mol. The van der Waals surface area contributed by atoms with Gasteiger partial charge in [-0.2, -0.15) is 0 Å². The molecule has 0 unspecified atom stereocenters. The van der Waals surface area contributed by atoms with Gasteiger partial charge in [0.1, 0.15) is 11.3 Å². The third kappa shape index (κ3) is 2.65. The number of carbonyl (C=O) groups is 1. The number of aromatic nitrogens is 3. The minimum Gasteiger partial charge on any atom is -0.465 e. The van der Waals surface area contributed by atoms with Gasteiger partial charge >= 0.3 is 5.97 Å². The maximum absolute atomic E-state index is 11.8. The molecular formula is C20H15N3O2. The van der Waals surface area contributed by atoms with Crippen molar-refractivity contribution < 1.29 is 9.53 Å². The quantitative estimate of drug-likeness (QED) is 0.536. The van der Waals surface area contributed by atoms with Crippen LogP contribution >= 0.6 is 0 Å². The van der Waals surface area contributed by atoms with Gasteiger partial charge < -0.3 is 4.74 Å². The van der Waals surface area contributed by atoms with E-state index in [4.69, 9.17) is 9.72 Å². The van der Waals surface area contributed by atoms with E-state index >= 15 is 0 Å². The third-order valence-electron chi connectivity index (χ3n) is 4.00. The number of fused-ring (bicyclic) bond motifs is 1. The van der Waals surface area contributed by atoms with Gasteiger partial charge in [-0.15, -0.1) is 0 Å². The van der Waals surface area contributed by atoms with Gasteiger partial charge in [-0.3, -0.25) is 9.38 Å². The smallest absolute Gasteiger partial charge is 0.338 e. The summed E-state index contributed by atoms with van der Waals surface area (Å²) in [6.07, 6.45) is 3.58. The molecule has 0 aliphatic carbocycles. The molecule has 0 aliphatic heterocycles. The zero-order valence-electron chi connectivity index (χ0n) is 13.6. The van der Waals surface area contributed by atoms with Crippen molar-refractivity contribution in [1.29, 1.82) is 0 Å².